The van der Waals surface area contributed by atoms with Gasteiger partial charge >= 0.3 is 5.97 Å². The second-order valence-electron chi connectivity index (χ2n) is 3.54. The average Bonchev–Trinajstić information content (AvgIpc) is 2.43. The van der Waals surface area contributed by atoms with E-state index in [4.69, 9.17) is 5.73 Å². The van der Waals surface area contributed by atoms with Gasteiger partial charge in [-0.25, -0.2) is 0 Å². The lowest BCUT2D eigenvalue weighted by Crippen LogP contribution is -2.14. The number of rotatable bonds is 1. The predicted molar refractivity (Wildman–Crippen MR) is 75.3 cm³/mol. The molecular formula is C13H15BrN2O2. The fourth-order valence-corrected chi connectivity index (χ4v) is 1.81. The Morgan fingerprint density at radius 3 is 2.67 bits per heavy atom. The number of esters is 1. The molecule has 2 N–H and O–H groups in total. The Bertz CT molecular complexity index is 497. The van der Waals surface area contributed by atoms with Gasteiger partial charge in [-0.1, -0.05) is 12.1 Å². The number of methoxy groups -OCH3 is 1. The summed E-state index contributed by atoms with van der Waals surface area (Å²) in [6.45, 7) is 2.06. The Hall–Kier alpha value is -1.46. The van der Waals surface area contributed by atoms with Gasteiger partial charge in [-0.15, -0.1) is 0 Å². The number of aromatic nitrogens is 1. The van der Waals surface area contributed by atoms with Crippen molar-refractivity contribution in [3.8, 4) is 0 Å². The van der Waals surface area contributed by atoms with Gasteiger partial charge in [0, 0.05) is 16.1 Å². The molecule has 0 amide bonds. The quantitative estimate of drug-likeness (QED) is 0.822. The van der Waals surface area contributed by atoms with Crippen LogP contribution in [0.5, 0.6) is 0 Å². The summed E-state index contributed by atoms with van der Waals surface area (Å²) in [4.78, 5) is 14.1. The first-order chi connectivity index (χ1) is 8.60. The third-order valence-corrected chi connectivity index (χ3v) is 2.97. The lowest BCUT2D eigenvalue weighted by Gasteiger charge is -2.01. The maximum Gasteiger partial charge on any atom is 0.319 e. The third kappa shape index (κ3) is 3.78. The molecule has 0 fully saturated rings. The molecule has 0 bridgehead atoms. The number of carbonyl (C=O) groups excluding carboxylic acids is 1. The van der Waals surface area contributed by atoms with Crippen molar-refractivity contribution in [2.75, 3.05) is 13.7 Å². The van der Waals surface area contributed by atoms with Crippen molar-refractivity contribution in [2.24, 2.45) is 5.73 Å². The Labute approximate surface area is 114 Å². The number of hydrogen-bond acceptors (Lipinski definition) is 4. The highest BCUT2D eigenvalue weighted by atomic mass is 79.9. The molecule has 0 aliphatic heterocycles. The summed E-state index contributed by atoms with van der Waals surface area (Å²) < 4.78 is 5.19. The molecule has 2 rings (SSSR count). The molecule has 4 nitrogen and oxygen atoms in total. The topological polar surface area (TPSA) is 65.2 Å². The molecule has 0 aliphatic carbocycles. The van der Waals surface area contributed by atoms with E-state index >= 15 is 0 Å². The number of pyridine rings is 1. The predicted octanol–water partition coefficient (Wildman–Crippen LogP) is 2.42. The lowest BCUT2D eigenvalue weighted by molar-refractivity contribution is -0.138. The van der Waals surface area contributed by atoms with E-state index in [0.717, 1.165) is 9.99 Å². The minimum Gasteiger partial charge on any atom is -0.468 e. The molecule has 0 spiro atoms. The second-order valence-corrected chi connectivity index (χ2v) is 4.40. The lowest BCUT2D eigenvalue weighted by atomic mass is 10.1. The number of fused-ring (bicyclic) bond motifs is 1. The summed E-state index contributed by atoms with van der Waals surface area (Å²) in [5.74, 6) is -0.380. The first-order valence-electron chi connectivity index (χ1n) is 5.37. The van der Waals surface area contributed by atoms with E-state index < -0.39 is 0 Å². The zero-order valence-electron chi connectivity index (χ0n) is 10.3. The Balaban J connectivity index is 0.000000232. The van der Waals surface area contributed by atoms with Crippen molar-refractivity contribution in [3.05, 3.63) is 40.5 Å². The zero-order valence-corrected chi connectivity index (χ0v) is 11.9. The maximum atomic E-state index is 9.83. The standard InChI is InChI=1S/C10H8BrN.C3H7NO2/c1-7-4-5-9(11)10-8(7)3-2-6-12-10;1-6-3(5)2-4/h2-6H,1H3;2,4H2,1H3. The van der Waals surface area contributed by atoms with Crippen LogP contribution >= 0.6 is 15.9 Å². The molecule has 0 radical (unpaired) electrons. The number of nitrogens with zero attached hydrogens (tertiary/aromatic N) is 1. The molecule has 0 saturated carbocycles. The molecule has 0 unspecified atom stereocenters. The van der Waals surface area contributed by atoms with Crippen LogP contribution in [0.15, 0.2) is 34.9 Å². The molecular weight excluding hydrogens is 296 g/mol. The molecule has 5 heteroatoms. The Morgan fingerprint density at radius 1 is 1.44 bits per heavy atom. The van der Waals surface area contributed by atoms with Crippen LogP contribution in [0.25, 0.3) is 10.9 Å². The Morgan fingerprint density at radius 2 is 2.17 bits per heavy atom. The van der Waals surface area contributed by atoms with Gasteiger partial charge in [0.05, 0.1) is 19.2 Å². The minimum atomic E-state index is -0.380. The SMILES string of the molecule is COC(=O)CN.Cc1ccc(Br)c2ncccc12. The van der Waals surface area contributed by atoms with Crippen LogP contribution in [0.3, 0.4) is 0 Å². The summed E-state index contributed by atoms with van der Waals surface area (Å²) >= 11 is 3.47. The van der Waals surface area contributed by atoms with E-state index in [1.807, 2.05) is 18.3 Å². The van der Waals surface area contributed by atoms with Gasteiger partial charge in [0.25, 0.3) is 0 Å². The van der Waals surface area contributed by atoms with E-state index in [1.165, 1.54) is 18.1 Å². The van der Waals surface area contributed by atoms with Gasteiger partial charge in [0.15, 0.2) is 0 Å². The first-order valence-corrected chi connectivity index (χ1v) is 6.16. The molecule has 18 heavy (non-hydrogen) atoms. The van der Waals surface area contributed by atoms with Gasteiger partial charge in [-0.05, 0) is 40.5 Å². The fraction of sp³-hybridized carbons (Fsp3) is 0.231. The van der Waals surface area contributed by atoms with Crippen molar-refractivity contribution < 1.29 is 9.53 Å². The number of carbonyl (C=O) groups is 1. The van der Waals surface area contributed by atoms with Crippen molar-refractivity contribution in [3.63, 3.8) is 0 Å². The number of ether oxygens (including phenoxy) is 1. The van der Waals surface area contributed by atoms with E-state index in [2.05, 4.69) is 44.7 Å². The maximum absolute atomic E-state index is 9.83. The summed E-state index contributed by atoms with van der Waals surface area (Å²) in [5, 5.41) is 1.21. The van der Waals surface area contributed by atoms with E-state index in [0.29, 0.717) is 0 Å². The third-order valence-electron chi connectivity index (χ3n) is 2.33. The summed E-state index contributed by atoms with van der Waals surface area (Å²) in [5.41, 5.74) is 7.11. The molecule has 1 aromatic carbocycles. The van der Waals surface area contributed by atoms with Crippen molar-refractivity contribution in [2.45, 2.75) is 6.92 Å². The summed E-state index contributed by atoms with van der Waals surface area (Å²) in [7, 11) is 1.30. The molecule has 0 atom stereocenters. The molecule has 1 aromatic heterocycles. The molecule has 0 aliphatic rings. The number of halogens is 1. The van der Waals surface area contributed by atoms with Crippen LogP contribution in [0.4, 0.5) is 0 Å². The fourth-order valence-electron chi connectivity index (χ4n) is 1.36. The molecule has 2 aromatic rings. The number of hydrogen-bond donors (Lipinski definition) is 1. The largest absolute Gasteiger partial charge is 0.468 e. The summed E-state index contributed by atoms with van der Waals surface area (Å²) in [6.07, 6.45) is 1.81. The van der Waals surface area contributed by atoms with Gasteiger partial charge in [0.2, 0.25) is 0 Å². The average molecular weight is 311 g/mol. The monoisotopic (exact) mass is 310 g/mol. The van der Waals surface area contributed by atoms with Gasteiger partial charge in [-0.3, -0.25) is 9.78 Å². The molecule has 0 saturated heterocycles. The zero-order chi connectivity index (χ0) is 13.5. The highest BCUT2D eigenvalue weighted by molar-refractivity contribution is 9.10. The van der Waals surface area contributed by atoms with Gasteiger partial charge < -0.3 is 10.5 Å². The van der Waals surface area contributed by atoms with Crippen molar-refractivity contribution in [1.29, 1.82) is 0 Å². The Kier molecular flexibility index (Phi) is 5.74. The smallest absolute Gasteiger partial charge is 0.319 e. The van der Waals surface area contributed by atoms with Crippen LogP contribution in [-0.2, 0) is 9.53 Å². The highest BCUT2D eigenvalue weighted by Gasteiger charge is 2.00. The molecule has 96 valence electrons. The minimum absolute atomic E-state index is 0.0312. The van der Waals surface area contributed by atoms with Gasteiger partial charge in [0.1, 0.15) is 0 Å². The number of nitrogens with two attached hydrogens (primary N) is 1. The van der Waals surface area contributed by atoms with E-state index in [9.17, 15) is 4.79 Å². The van der Waals surface area contributed by atoms with Crippen LogP contribution < -0.4 is 5.73 Å². The van der Waals surface area contributed by atoms with Crippen LogP contribution in [0.1, 0.15) is 5.56 Å². The van der Waals surface area contributed by atoms with Gasteiger partial charge in [-0.2, -0.15) is 0 Å². The highest BCUT2D eigenvalue weighted by Crippen LogP contribution is 2.23. The number of aryl methyl sites for hydroxylation is 1. The number of benzene rings is 1. The van der Waals surface area contributed by atoms with Crippen LogP contribution in [0.2, 0.25) is 0 Å². The first kappa shape index (κ1) is 14.6. The van der Waals surface area contributed by atoms with Crippen LogP contribution in [0, 0.1) is 6.92 Å². The van der Waals surface area contributed by atoms with Crippen molar-refractivity contribution >= 4 is 32.8 Å². The van der Waals surface area contributed by atoms with E-state index in [-0.39, 0.29) is 12.5 Å². The van der Waals surface area contributed by atoms with Crippen molar-refractivity contribution in [1.82, 2.24) is 4.98 Å². The molecule has 1 heterocycles. The normalized spacial score (nSPS) is 9.56. The van der Waals surface area contributed by atoms with Crippen LogP contribution in [-0.4, -0.2) is 24.6 Å². The summed E-state index contributed by atoms with van der Waals surface area (Å²) in [6, 6.07) is 8.17. The second kappa shape index (κ2) is 7.08. The van der Waals surface area contributed by atoms with E-state index in [1.54, 1.807) is 0 Å².